The highest BCUT2D eigenvalue weighted by atomic mass is 16.5. The second kappa shape index (κ2) is 6.17. The lowest BCUT2D eigenvalue weighted by atomic mass is 10.1. The van der Waals surface area contributed by atoms with Crippen LogP contribution in [0.1, 0.15) is 17.3 Å². The smallest absolute Gasteiger partial charge is 0.251 e. The quantitative estimate of drug-likeness (QED) is 0.820. The van der Waals surface area contributed by atoms with Gasteiger partial charge in [-0.05, 0) is 24.1 Å². The van der Waals surface area contributed by atoms with Gasteiger partial charge in [-0.2, -0.15) is 0 Å². The van der Waals surface area contributed by atoms with E-state index in [1.165, 1.54) is 0 Å². The topological polar surface area (TPSA) is 38.3 Å². The molecule has 0 bridgehead atoms. The van der Waals surface area contributed by atoms with E-state index in [-0.39, 0.29) is 5.91 Å². The van der Waals surface area contributed by atoms with Gasteiger partial charge in [-0.1, -0.05) is 36.4 Å². The van der Waals surface area contributed by atoms with Gasteiger partial charge in [0.15, 0.2) is 0 Å². The first-order valence-electron chi connectivity index (χ1n) is 6.16. The fourth-order valence-corrected chi connectivity index (χ4v) is 1.89. The predicted molar refractivity (Wildman–Crippen MR) is 71.9 cm³/mol. The van der Waals surface area contributed by atoms with Crippen LogP contribution >= 0.6 is 0 Å². The summed E-state index contributed by atoms with van der Waals surface area (Å²) >= 11 is 0. The van der Waals surface area contributed by atoms with E-state index in [1.54, 1.807) is 0 Å². The third-order valence-corrected chi connectivity index (χ3v) is 2.77. The molecular formula is C15H17NO2. The number of hydrogen-bond donors (Lipinski definition) is 1. The van der Waals surface area contributed by atoms with Crippen LogP contribution in [0.3, 0.4) is 0 Å². The van der Waals surface area contributed by atoms with Crippen LogP contribution in [-0.2, 0) is 4.74 Å². The summed E-state index contributed by atoms with van der Waals surface area (Å²) in [4.78, 5) is 12.0. The molecule has 0 aromatic carbocycles. The molecule has 2 aliphatic rings. The lowest BCUT2D eigenvalue weighted by Gasteiger charge is -2.05. The van der Waals surface area contributed by atoms with Crippen LogP contribution in [0.5, 0.6) is 0 Å². The van der Waals surface area contributed by atoms with Crippen molar-refractivity contribution in [3.05, 3.63) is 48.0 Å². The summed E-state index contributed by atoms with van der Waals surface area (Å²) < 4.78 is 5.19. The van der Waals surface area contributed by atoms with Gasteiger partial charge in [0.25, 0.3) is 5.91 Å². The Kier molecular flexibility index (Phi) is 4.31. The van der Waals surface area contributed by atoms with Crippen LogP contribution in [0.15, 0.2) is 42.5 Å². The Labute approximate surface area is 107 Å². The number of rotatable bonds is 5. The average Bonchev–Trinajstić information content (AvgIpc) is 2.64. The van der Waals surface area contributed by atoms with E-state index in [4.69, 9.17) is 4.74 Å². The van der Waals surface area contributed by atoms with Crippen molar-refractivity contribution in [2.24, 2.45) is 0 Å². The maximum absolute atomic E-state index is 12.0. The summed E-state index contributed by atoms with van der Waals surface area (Å²) in [5.74, 6) is -0.0455. The Balaban J connectivity index is 2.06. The number of carbonyl (C=O) groups is 1. The van der Waals surface area contributed by atoms with Crippen LogP contribution in [0.2, 0.25) is 0 Å². The molecule has 3 nitrogen and oxygen atoms in total. The van der Waals surface area contributed by atoms with Crippen LogP contribution in [0.25, 0.3) is 11.1 Å². The Hall–Kier alpha value is -1.87. The Morgan fingerprint density at radius 3 is 2.83 bits per heavy atom. The molecule has 0 heterocycles. The van der Waals surface area contributed by atoms with Gasteiger partial charge >= 0.3 is 0 Å². The third kappa shape index (κ3) is 2.87. The van der Waals surface area contributed by atoms with Gasteiger partial charge < -0.3 is 10.1 Å². The largest absolute Gasteiger partial charge is 0.380 e. The SMILES string of the molecule is CCOCCNC(=O)c1ccc2cccccc1-2. The standard InChI is InChI=1S/C15H17NO2/c1-2-18-11-10-16-15(17)14-9-8-12-6-4-3-5-7-13(12)14/h3-9H,2,10-11H2,1H3,(H,16,17). The molecule has 0 atom stereocenters. The lowest BCUT2D eigenvalue weighted by molar-refractivity contribution is 0.0923. The fourth-order valence-electron chi connectivity index (χ4n) is 1.89. The monoisotopic (exact) mass is 243 g/mol. The highest BCUT2D eigenvalue weighted by Crippen LogP contribution is 2.26. The number of fused-ring (bicyclic) bond motifs is 1. The molecule has 0 saturated carbocycles. The van der Waals surface area contributed by atoms with Gasteiger partial charge in [-0.25, -0.2) is 0 Å². The van der Waals surface area contributed by atoms with Crippen molar-refractivity contribution in [2.75, 3.05) is 19.8 Å². The molecule has 0 aromatic rings. The van der Waals surface area contributed by atoms with Crippen LogP contribution < -0.4 is 5.32 Å². The van der Waals surface area contributed by atoms with Gasteiger partial charge in [0.05, 0.1) is 6.61 Å². The summed E-state index contributed by atoms with van der Waals surface area (Å²) in [5, 5.41) is 2.86. The first-order chi connectivity index (χ1) is 8.83. The number of ether oxygens (including phenoxy) is 1. The minimum Gasteiger partial charge on any atom is -0.380 e. The molecule has 0 aliphatic heterocycles. The minimum absolute atomic E-state index is 0.0455. The first kappa shape index (κ1) is 12.6. The molecule has 1 N–H and O–H groups in total. The molecule has 18 heavy (non-hydrogen) atoms. The van der Waals surface area contributed by atoms with E-state index in [0.29, 0.717) is 19.8 Å². The zero-order valence-corrected chi connectivity index (χ0v) is 10.5. The maximum atomic E-state index is 12.0. The van der Waals surface area contributed by atoms with Crippen LogP contribution in [0.4, 0.5) is 0 Å². The molecular weight excluding hydrogens is 226 g/mol. The zero-order chi connectivity index (χ0) is 12.8. The van der Waals surface area contributed by atoms with Crippen molar-refractivity contribution in [1.29, 1.82) is 0 Å². The second-order valence-corrected chi connectivity index (χ2v) is 3.98. The number of carbonyl (C=O) groups excluding carboxylic acids is 1. The number of amides is 1. The molecule has 0 spiro atoms. The zero-order valence-electron chi connectivity index (χ0n) is 10.5. The highest BCUT2D eigenvalue weighted by molar-refractivity contribution is 6.02. The second-order valence-electron chi connectivity index (χ2n) is 3.98. The van der Waals surface area contributed by atoms with Crippen molar-refractivity contribution in [3.8, 4) is 11.1 Å². The molecule has 0 aromatic heterocycles. The molecule has 0 fully saturated rings. The molecule has 3 heteroatoms. The first-order valence-corrected chi connectivity index (χ1v) is 6.16. The molecule has 1 amide bonds. The van der Waals surface area contributed by atoms with Gasteiger partial charge in [-0.3, -0.25) is 4.79 Å². The molecule has 0 unspecified atom stereocenters. The van der Waals surface area contributed by atoms with Gasteiger partial charge in [0, 0.05) is 18.7 Å². The fraction of sp³-hybridized carbons (Fsp3) is 0.267. The summed E-state index contributed by atoms with van der Waals surface area (Å²) in [6.45, 7) is 3.70. The van der Waals surface area contributed by atoms with Crippen molar-refractivity contribution in [1.82, 2.24) is 5.32 Å². The normalized spacial score (nSPS) is 10.5. The number of nitrogens with one attached hydrogen (secondary N) is 1. The summed E-state index contributed by atoms with van der Waals surface area (Å²) in [6.07, 6.45) is 0. The predicted octanol–water partition coefficient (Wildman–Crippen LogP) is 2.56. The maximum Gasteiger partial charge on any atom is 0.251 e. The number of hydrogen-bond acceptors (Lipinski definition) is 2. The van der Waals surface area contributed by atoms with Crippen molar-refractivity contribution in [2.45, 2.75) is 6.92 Å². The van der Waals surface area contributed by atoms with E-state index in [0.717, 1.165) is 16.7 Å². The van der Waals surface area contributed by atoms with E-state index in [2.05, 4.69) is 5.32 Å². The molecule has 2 aliphatic carbocycles. The Morgan fingerprint density at radius 1 is 1.17 bits per heavy atom. The van der Waals surface area contributed by atoms with Gasteiger partial charge in [-0.15, -0.1) is 0 Å². The van der Waals surface area contributed by atoms with E-state index < -0.39 is 0 Å². The van der Waals surface area contributed by atoms with E-state index in [9.17, 15) is 4.79 Å². The minimum atomic E-state index is -0.0455. The Morgan fingerprint density at radius 2 is 2.00 bits per heavy atom. The van der Waals surface area contributed by atoms with Crippen LogP contribution in [-0.4, -0.2) is 25.7 Å². The highest BCUT2D eigenvalue weighted by Gasteiger charge is 2.13. The molecule has 94 valence electrons. The lowest BCUT2D eigenvalue weighted by Crippen LogP contribution is -2.27. The summed E-state index contributed by atoms with van der Waals surface area (Å²) in [5.41, 5.74) is 2.78. The molecule has 2 rings (SSSR count). The Bertz CT molecular complexity index is 496. The summed E-state index contributed by atoms with van der Waals surface area (Å²) in [6, 6.07) is 13.7. The van der Waals surface area contributed by atoms with Crippen molar-refractivity contribution < 1.29 is 9.53 Å². The van der Waals surface area contributed by atoms with E-state index in [1.807, 2.05) is 49.4 Å². The van der Waals surface area contributed by atoms with Gasteiger partial charge in [0.2, 0.25) is 0 Å². The summed E-state index contributed by atoms with van der Waals surface area (Å²) in [7, 11) is 0. The van der Waals surface area contributed by atoms with Crippen molar-refractivity contribution in [3.63, 3.8) is 0 Å². The van der Waals surface area contributed by atoms with E-state index >= 15 is 0 Å². The van der Waals surface area contributed by atoms with Gasteiger partial charge in [0.1, 0.15) is 0 Å². The van der Waals surface area contributed by atoms with Crippen LogP contribution in [0, 0.1) is 0 Å². The molecule has 0 saturated heterocycles. The average molecular weight is 243 g/mol. The third-order valence-electron chi connectivity index (χ3n) is 2.77. The molecule has 0 radical (unpaired) electrons. The van der Waals surface area contributed by atoms with Crippen molar-refractivity contribution >= 4 is 5.91 Å².